The molecule has 0 aliphatic heterocycles. The Balaban J connectivity index is 1.16. The Morgan fingerprint density at radius 2 is 0.929 bits per heavy atom. The van der Waals surface area contributed by atoms with Gasteiger partial charge in [0.1, 0.15) is 11.5 Å². The molecule has 0 aromatic heterocycles. The van der Waals surface area contributed by atoms with Crippen LogP contribution in [-0.2, 0) is 0 Å². The molecule has 2 fully saturated rings. The van der Waals surface area contributed by atoms with Crippen molar-refractivity contribution in [2.24, 2.45) is 23.7 Å². The highest BCUT2D eigenvalue weighted by Gasteiger charge is 2.22. The Morgan fingerprint density at radius 3 is 1.38 bits per heavy atom. The molecule has 0 unspecified atom stereocenters. The van der Waals surface area contributed by atoms with E-state index < -0.39 is 0 Å². The molecule has 2 heteroatoms. The molecule has 4 rings (SSSR count). The predicted molar refractivity (Wildman–Crippen MR) is 181 cm³/mol. The van der Waals surface area contributed by atoms with Crippen molar-refractivity contribution in [3.8, 4) is 22.6 Å². The molecule has 0 heterocycles. The minimum atomic E-state index is 0.718. The van der Waals surface area contributed by atoms with Gasteiger partial charge in [0.15, 0.2) is 0 Å². The van der Waals surface area contributed by atoms with Gasteiger partial charge in [-0.15, -0.1) is 0 Å². The monoisotopic (exact) mass is 574 g/mol. The second-order valence-electron chi connectivity index (χ2n) is 14.1. The summed E-state index contributed by atoms with van der Waals surface area (Å²) >= 11 is 0. The molecule has 2 aliphatic carbocycles. The minimum Gasteiger partial charge on any atom is -0.493 e. The standard InChI is InChI=1S/C40H62O2/c1-5-7-8-9-10-11-12-14-34-17-21-36(22-18-34)30-42-40-26-24-38(28-32(40)4)37-23-25-39(31(3)27-37)41-29-35-19-15-33(13-6-2)16-20-35/h23-28,33-36H,5-22,29-30H2,1-4H3. The summed E-state index contributed by atoms with van der Waals surface area (Å²) in [7, 11) is 0. The molecule has 2 aliphatic rings. The first-order valence-corrected chi connectivity index (χ1v) is 18.0. The molecule has 2 nitrogen and oxygen atoms in total. The summed E-state index contributed by atoms with van der Waals surface area (Å²) in [4.78, 5) is 0. The second-order valence-corrected chi connectivity index (χ2v) is 14.1. The van der Waals surface area contributed by atoms with Crippen molar-refractivity contribution in [3.05, 3.63) is 47.5 Å². The van der Waals surface area contributed by atoms with Crippen LogP contribution in [0.25, 0.3) is 11.1 Å². The van der Waals surface area contributed by atoms with Gasteiger partial charge in [0.05, 0.1) is 13.2 Å². The van der Waals surface area contributed by atoms with Gasteiger partial charge in [-0.2, -0.15) is 0 Å². The third kappa shape index (κ3) is 10.6. The molecule has 42 heavy (non-hydrogen) atoms. The number of hydrogen-bond donors (Lipinski definition) is 0. The summed E-state index contributed by atoms with van der Waals surface area (Å²) in [6, 6.07) is 13.4. The first-order chi connectivity index (χ1) is 20.6. The van der Waals surface area contributed by atoms with E-state index in [2.05, 4.69) is 64.1 Å². The van der Waals surface area contributed by atoms with Crippen LogP contribution in [-0.4, -0.2) is 13.2 Å². The van der Waals surface area contributed by atoms with Crippen molar-refractivity contribution in [2.45, 2.75) is 143 Å². The normalized spacial score (nSPS) is 22.7. The molecule has 2 aromatic rings. The summed E-state index contributed by atoms with van der Waals surface area (Å²) in [6.45, 7) is 10.7. The van der Waals surface area contributed by atoms with Crippen LogP contribution in [0.4, 0.5) is 0 Å². The van der Waals surface area contributed by atoms with Crippen LogP contribution in [0.15, 0.2) is 36.4 Å². The number of benzene rings is 2. The lowest BCUT2D eigenvalue weighted by Crippen LogP contribution is -2.20. The maximum Gasteiger partial charge on any atom is 0.122 e. The maximum absolute atomic E-state index is 6.38. The highest BCUT2D eigenvalue weighted by molar-refractivity contribution is 5.67. The molecule has 234 valence electrons. The van der Waals surface area contributed by atoms with Gasteiger partial charge in [0.2, 0.25) is 0 Å². The number of rotatable bonds is 17. The molecule has 0 saturated heterocycles. The molecular formula is C40H62O2. The average molecular weight is 575 g/mol. The third-order valence-electron chi connectivity index (χ3n) is 10.5. The lowest BCUT2D eigenvalue weighted by atomic mass is 9.80. The van der Waals surface area contributed by atoms with E-state index in [1.807, 2.05) is 0 Å². The molecule has 2 aromatic carbocycles. The second kappa shape index (κ2) is 18.0. The highest BCUT2D eigenvalue weighted by atomic mass is 16.5. The van der Waals surface area contributed by atoms with E-state index in [0.717, 1.165) is 48.4 Å². The van der Waals surface area contributed by atoms with E-state index >= 15 is 0 Å². The molecule has 2 saturated carbocycles. The first kappa shape index (κ1) is 32.9. The van der Waals surface area contributed by atoms with Crippen molar-refractivity contribution in [1.82, 2.24) is 0 Å². The van der Waals surface area contributed by atoms with Gasteiger partial charge in [-0.05, 0) is 110 Å². The Hall–Kier alpha value is -1.96. The fraction of sp³-hybridized carbons (Fsp3) is 0.700. The molecular weight excluding hydrogens is 512 g/mol. The van der Waals surface area contributed by atoms with Crippen LogP contribution < -0.4 is 9.47 Å². The number of ether oxygens (including phenoxy) is 2. The zero-order valence-corrected chi connectivity index (χ0v) is 27.7. The minimum absolute atomic E-state index is 0.718. The third-order valence-corrected chi connectivity index (χ3v) is 10.5. The average Bonchev–Trinajstić information content (AvgIpc) is 3.01. The SMILES string of the molecule is CCCCCCCCCC1CCC(COc2ccc(-c3ccc(OCC4CCC(CCC)CC4)c(C)c3)cc2C)CC1. The topological polar surface area (TPSA) is 18.5 Å². The quantitative estimate of drug-likeness (QED) is 0.175. The summed E-state index contributed by atoms with van der Waals surface area (Å²) in [5.74, 6) is 5.45. The summed E-state index contributed by atoms with van der Waals surface area (Å²) in [5, 5.41) is 0. The highest BCUT2D eigenvalue weighted by Crippen LogP contribution is 2.35. The smallest absolute Gasteiger partial charge is 0.122 e. The maximum atomic E-state index is 6.38. The van der Waals surface area contributed by atoms with Crippen molar-refractivity contribution in [3.63, 3.8) is 0 Å². The van der Waals surface area contributed by atoms with Crippen molar-refractivity contribution < 1.29 is 9.47 Å². The van der Waals surface area contributed by atoms with Crippen LogP contribution >= 0.6 is 0 Å². The number of aryl methyl sites for hydroxylation is 2. The Bertz CT molecular complexity index is 1030. The van der Waals surface area contributed by atoms with Crippen molar-refractivity contribution >= 4 is 0 Å². The number of unbranched alkanes of at least 4 members (excludes halogenated alkanes) is 6. The Kier molecular flexibility index (Phi) is 14.1. The van der Waals surface area contributed by atoms with Gasteiger partial charge >= 0.3 is 0 Å². The fourth-order valence-corrected chi connectivity index (χ4v) is 7.57. The lowest BCUT2D eigenvalue weighted by molar-refractivity contribution is 0.177. The van der Waals surface area contributed by atoms with E-state index in [0.29, 0.717) is 0 Å². The van der Waals surface area contributed by atoms with Crippen LogP contribution in [0, 0.1) is 37.5 Å². The summed E-state index contributed by atoms with van der Waals surface area (Å²) in [5.41, 5.74) is 4.98. The van der Waals surface area contributed by atoms with Crippen molar-refractivity contribution in [2.75, 3.05) is 13.2 Å². The van der Waals surface area contributed by atoms with Gasteiger partial charge in [-0.25, -0.2) is 0 Å². The van der Waals surface area contributed by atoms with Gasteiger partial charge in [0.25, 0.3) is 0 Å². The van der Waals surface area contributed by atoms with E-state index in [1.54, 1.807) is 0 Å². The Morgan fingerprint density at radius 1 is 0.500 bits per heavy atom. The molecule has 0 bridgehead atoms. The van der Waals surface area contributed by atoms with E-state index in [4.69, 9.17) is 9.47 Å². The van der Waals surface area contributed by atoms with Crippen LogP contribution in [0.3, 0.4) is 0 Å². The van der Waals surface area contributed by atoms with E-state index in [9.17, 15) is 0 Å². The van der Waals surface area contributed by atoms with Gasteiger partial charge in [-0.3, -0.25) is 0 Å². The lowest BCUT2D eigenvalue weighted by Gasteiger charge is -2.28. The predicted octanol–water partition coefficient (Wildman–Crippen LogP) is 12.3. The van der Waals surface area contributed by atoms with Crippen LogP contribution in [0.5, 0.6) is 11.5 Å². The molecule has 0 spiro atoms. The molecule has 0 radical (unpaired) electrons. The Labute approximate surface area is 259 Å². The first-order valence-electron chi connectivity index (χ1n) is 18.0. The number of hydrogen-bond acceptors (Lipinski definition) is 2. The van der Waals surface area contributed by atoms with Crippen molar-refractivity contribution in [1.29, 1.82) is 0 Å². The van der Waals surface area contributed by atoms with Gasteiger partial charge < -0.3 is 9.47 Å². The van der Waals surface area contributed by atoms with E-state index in [1.165, 1.54) is 138 Å². The molecule has 0 amide bonds. The zero-order valence-electron chi connectivity index (χ0n) is 27.7. The fourth-order valence-electron chi connectivity index (χ4n) is 7.57. The van der Waals surface area contributed by atoms with Gasteiger partial charge in [-0.1, -0.05) is 116 Å². The summed E-state index contributed by atoms with van der Waals surface area (Å²) < 4.78 is 12.7. The van der Waals surface area contributed by atoms with Crippen LogP contribution in [0.2, 0.25) is 0 Å². The van der Waals surface area contributed by atoms with Gasteiger partial charge in [0, 0.05) is 0 Å². The van der Waals surface area contributed by atoms with Crippen LogP contribution in [0.1, 0.15) is 141 Å². The summed E-state index contributed by atoms with van der Waals surface area (Å²) in [6.07, 6.45) is 25.1. The zero-order chi connectivity index (χ0) is 29.6. The molecule has 0 N–H and O–H groups in total. The molecule has 0 atom stereocenters. The largest absolute Gasteiger partial charge is 0.493 e. The van der Waals surface area contributed by atoms with E-state index in [-0.39, 0.29) is 0 Å².